The van der Waals surface area contributed by atoms with Crippen molar-refractivity contribution in [1.82, 2.24) is 19.9 Å². The maximum Gasteiger partial charge on any atom is 0.137 e. The fourth-order valence-electron chi connectivity index (χ4n) is 1.66. The summed E-state index contributed by atoms with van der Waals surface area (Å²) in [6.07, 6.45) is 4.64. The minimum absolute atomic E-state index is 0.664. The van der Waals surface area contributed by atoms with E-state index in [1.54, 1.807) is 12.3 Å². The van der Waals surface area contributed by atoms with Crippen LogP contribution in [0.1, 0.15) is 0 Å². The van der Waals surface area contributed by atoms with E-state index in [-0.39, 0.29) is 0 Å². The summed E-state index contributed by atoms with van der Waals surface area (Å²) in [7, 11) is 0. The van der Waals surface area contributed by atoms with Crippen molar-refractivity contribution in [3.05, 3.63) is 61.3 Å². The Morgan fingerprint density at radius 3 is 2.20 bits per heavy atom. The number of para-hydroxylation sites is 1. The second kappa shape index (κ2) is 5.75. The molecule has 20 heavy (non-hydrogen) atoms. The van der Waals surface area contributed by atoms with Crippen molar-refractivity contribution >= 4 is 23.1 Å². The van der Waals surface area contributed by atoms with Crippen LogP contribution in [0.3, 0.4) is 0 Å². The van der Waals surface area contributed by atoms with Gasteiger partial charge < -0.3 is 10.6 Å². The molecule has 0 aliphatic rings. The minimum Gasteiger partial charge on any atom is -0.340 e. The highest BCUT2D eigenvalue weighted by atomic mass is 15.1. The van der Waals surface area contributed by atoms with Crippen LogP contribution in [0.25, 0.3) is 0 Å². The van der Waals surface area contributed by atoms with Crippen LogP contribution >= 0.6 is 0 Å². The van der Waals surface area contributed by atoms with Gasteiger partial charge in [0.1, 0.15) is 30.1 Å². The molecular formula is C14H12N6. The molecule has 0 aliphatic heterocycles. The zero-order valence-electron chi connectivity index (χ0n) is 10.6. The fraction of sp³-hybridized carbons (Fsp3) is 0. The molecule has 6 heteroatoms. The van der Waals surface area contributed by atoms with Crippen molar-refractivity contribution in [2.45, 2.75) is 0 Å². The Morgan fingerprint density at radius 1 is 0.700 bits per heavy atom. The minimum atomic E-state index is 0.664. The molecule has 1 aromatic carbocycles. The summed E-state index contributed by atoms with van der Waals surface area (Å²) >= 11 is 0. The third kappa shape index (κ3) is 3.05. The highest BCUT2D eigenvalue weighted by molar-refractivity contribution is 5.61. The molecule has 2 heterocycles. The van der Waals surface area contributed by atoms with E-state index in [2.05, 4.69) is 30.6 Å². The lowest BCUT2D eigenvalue weighted by Gasteiger charge is -2.07. The van der Waals surface area contributed by atoms with E-state index in [4.69, 9.17) is 0 Å². The van der Waals surface area contributed by atoms with Gasteiger partial charge >= 0.3 is 0 Å². The Balaban J connectivity index is 1.76. The Kier molecular flexibility index (Phi) is 3.46. The molecule has 0 saturated heterocycles. The first kappa shape index (κ1) is 12.0. The molecule has 2 N–H and O–H groups in total. The van der Waals surface area contributed by atoms with Gasteiger partial charge in [-0.2, -0.15) is 0 Å². The van der Waals surface area contributed by atoms with E-state index >= 15 is 0 Å². The zero-order valence-corrected chi connectivity index (χ0v) is 10.6. The van der Waals surface area contributed by atoms with Crippen LogP contribution < -0.4 is 10.6 Å². The molecule has 0 spiro atoms. The van der Waals surface area contributed by atoms with Crippen LogP contribution in [0.2, 0.25) is 0 Å². The number of nitrogens with one attached hydrogen (secondary N) is 2. The summed E-state index contributed by atoms with van der Waals surface area (Å²) in [5.41, 5.74) is 0.971. The number of rotatable bonds is 4. The van der Waals surface area contributed by atoms with Gasteiger partial charge in [0.05, 0.1) is 0 Å². The van der Waals surface area contributed by atoms with E-state index in [1.165, 1.54) is 12.7 Å². The van der Waals surface area contributed by atoms with E-state index in [0.29, 0.717) is 17.5 Å². The van der Waals surface area contributed by atoms with Crippen molar-refractivity contribution in [2.75, 3.05) is 10.6 Å². The number of benzene rings is 1. The van der Waals surface area contributed by atoms with Gasteiger partial charge in [-0.25, -0.2) is 19.9 Å². The Hall–Kier alpha value is -3.02. The number of hydrogen-bond donors (Lipinski definition) is 2. The van der Waals surface area contributed by atoms with Crippen molar-refractivity contribution in [3.63, 3.8) is 0 Å². The molecule has 0 saturated carbocycles. The molecule has 0 bridgehead atoms. The molecular weight excluding hydrogens is 252 g/mol. The molecule has 2 aromatic heterocycles. The van der Waals surface area contributed by atoms with Crippen LogP contribution in [-0.2, 0) is 0 Å². The smallest absolute Gasteiger partial charge is 0.137 e. The third-order valence-corrected chi connectivity index (χ3v) is 2.55. The van der Waals surface area contributed by atoms with E-state index < -0.39 is 0 Å². The molecule has 3 rings (SSSR count). The predicted molar refractivity (Wildman–Crippen MR) is 77.1 cm³/mol. The first-order chi connectivity index (χ1) is 9.90. The topological polar surface area (TPSA) is 75.6 Å². The molecule has 98 valence electrons. The third-order valence-electron chi connectivity index (χ3n) is 2.55. The van der Waals surface area contributed by atoms with E-state index in [0.717, 1.165) is 5.69 Å². The number of nitrogens with zero attached hydrogens (tertiary/aromatic N) is 4. The number of anilines is 4. The lowest BCUT2D eigenvalue weighted by molar-refractivity contribution is 1.13. The predicted octanol–water partition coefficient (Wildman–Crippen LogP) is 2.75. The molecule has 0 radical (unpaired) electrons. The first-order valence-electron chi connectivity index (χ1n) is 6.07. The number of aromatic nitrogens is 4. The SMILES string of the molecule is c1ccc(Nc2cc(Nc3ccncn3)ncn2)cc1. The summed E-state index contributed by atoms with van der Waals surface area (Å²) in [6, 6.07) is 13.4. The second-order valence-corrected chi connectivity index (χ2v) is 4.00. The van der Waals surface area contributed by atoms with Gasteiger partial charge in [0.2, 0.25) is 0 Å². The quantitative estimate of drug-likeness (QED) is 0.754. The van der Waals surface area contributed by atoms with Gasteiger partial charge in [-0.05, 0) is 18.2 Å². The van der Waals surface area contributed by atoms with Crippen LogP contribution in [0.5, 0.6) is 0 Å². The molecule has 0 aliphatic carbocycles. The van der Waals surface area contributed by atoms with Crippen LogP contribution in [0.15, 0.2) is 61.3 Å². The standard InChI is InChI=1S/C14H12N6/c1-2-4-11(5-3-1)19-13-8-14(18-10-17-13)20-12-6-7-15-9-16-12/h1-10H,(H2,15,16,17,18,19,20). The average Bonchev–Trinajstić information content (AvgIpc) is 2.50. The maximum atomic E-state index is 4.18. The summed E-state index contributed by atoms with van der Waals surface area (Å²) in [4.78, 5) is 16.3. The summed E-state index contributed by atoms with van der Waals surface area (Å²) in [5.74, 6) is 2.06. The monoisotopic (exact) mass is 264 g/mol. The van der Waals surface area contributed by atoms with Gasteiger partial charge in [0.25, 0.3) is 0 Å². The van der Waals surface area contributed by atoms with E-state index in [9.17, 15) is 0 Å². The molecule has 0 unspecified atom stereocenters. The van der Waals surface area contributed by atoms with Gasteiger partial charge in [0.15, 0.2) is 0 Å². The highest BCUT2D eigenvalue weighted by Crippen LogP contribution is 2.17. The Morgan fingerprint density at radius 2 is 1.45 bits per heavy atom. The van der Waals surface area contributed by atoms with Gasteiger partial charge in [0, 0.05) is 18.0 Å². The van der Waals surface area contributed by atoms with Crippen LogP contribution in [0, 0.1) is 0 Å². The van der Waals surface area contributed by atoms with Crippen molar-refractivity contribution in [3.8, 4) is 0 Å². The van der Waals surface area contributed by atoms with E-state index in [1.807, 2.05) is 36.4 Å². The maximum absolute atomic E-state index is 4.18. The molecule has 0 amide bonds. The highest BCUT2D eigenvalue weighted by Gasteiger charge is 2.00. The van der Waals surface area contributed by atoms with Crippen LogP contribution in [-0.4, -0.2) is 19.9 Å². The van der Waals surface area contributed by atoms with Gasteiger partial charge in [-0.3, -0.25) is 0 Å². The first-order valence-corrected chi connectivity index (χ1v) is 6.07. The van der Waals surface area contributed by atoms with Gasteiger partial charge in [-0.1, -0.05) is 18.2 Å². The number of hydrogen-bond acceptors (Lipinski definition) is 6. The van der Waals surface area contributed by atoms with Crippen molar-refractivity contribution in [1.29, 1.82) is 0 Å². The van der Waals surface area contributed by atoms with Gasteiger partial charge in [-0.15, -0.1) is 0 Å². The average molecular weight is 264 g/mol. The van der Waals surface area contributed by atoms with Crippen molar-refractivity contribution in [2.24, 2.45) is 0 Å². The Labute approximate surface area is 116 Å². The fourth-order valence-corrected chi connectivity index (χ4v) is 1.66. The Bertz CT molecular complexity index is 615. The largest absolute Gasteiger partial charge is 0.340 e. The molecule has 0 fully saturated rings. The summed E-state index contributed by atoms with van der Waals surface area (Å²) in [6.45, 7) is 0. The normalized spacial score (nSPS) is 10.0. The lowest BCUT2D eigenvalue weighted by atomic mass is 10.3. The molecule has 0 atom stereocenters. The molecule has 3 aromatic rings. The van der Waals surface area contributed by atoms with Crippen LogP contribution in [0.4, 0.5) is 23.1 Å². The lowest BCUT2D eigenvalue weighted by Crippen LogP contribution is -1.99. The zero-order chi connectivity index (χ0) is 13.6. The molecule has 6 nitrogen and oxygen atoms in total. The second-order valence-electron chi connectivity index (χ2n) is 4.00. The summed E-state index contributed by atoms with van der Waals surface area (Å²) in [5, 5.41) is 6.29. The summed E-state index contributed by atoms with van der Waals surface area (Å²) < 4.78 is 0. The van der Waals surface area contributed by atoms with Crippen molar-refractivity contribution < 1.29 is 0 Å².